The first-order valence-electron chi connectivity index (χ1n) is 6.00. The van der Waals surface area contributed by atoms with Gasteiger partial charge in [0.2, 0.25) is 5.95 Å². The average Bonchev–Trinajstić information content (AvgIpc) is 2.48. The Hall–Kier alpha value is -2.22. The molecule has 0 saturated heterocycles. The molecule has 0 bridgehead atoms. The standard InChI is InChI=1S/C12H13N5O2S/c18-17(19)10-3-4-11(16-9-10)20-8-2-7-15-12-13-5-1-6-14-12/h1,3-6,9H,2,7-8H2,(H,13,14,15). The summed E-state index contributed by atoms with van der Waals surface area (Å²) in [6.45, 7) is 0.768. The lowest BCUT2D eigenvalue weighted by molar-refractivity contribution is -0.385. The summed E-state index contributed by atoms with van der Waals surface area (Å²) in [5.41, 5.74) is 0.0113. The van der Waals surface area contributed by atoms with Crippen molar-refractivity contribution in [3.05, 3.63) is 46.9 Å². The van der Waals surface area contributed by atoms with Crippen molar-refractivity contribution >= 4 is 23.4 Å². The minimum absolute atomic E-state index is 0.0113. The number of rotatable bonds is 7. The van der Waals surface area contributed by atoms with Crippen LogP contribution in [0.1, 0.15) is 6.42 Å². The molecule has 2 aromatic heterocycles. The van der Waals surface area contributed by atoms with E-state index in [4.69, 9.17) is 0 Å². The first kappa shape index (κ1) is 14.2. The fourth-order valence-corrected chi connectivity index (χ4v) is 2.19. The van der Waals surface area contributed by atoms with Crippen LogP contribution in [0.4, 0.5) is 11.6 Å². The highest BCUT2D eigenvalue weighted by molar-refractivity contribution is 7.99. The third-order valence-electron chi connectivity index (χ3n) is 2.35. The largest absolute Gasteiger partial charge is 0.354 e. The van der Waals surface area contributed by atoms with Gasteiger partial charge in [-0.05, 0) is 18.6 Å². The van der Waals surface area contributed by atoms with Gasteiger partial charge in [-0.2, -0.15) is 0 Å². The number of hydrogen-bond donors (Lipinski definition) is 1. The van der Waals surface area contributed by atoms with E-state index in [1.54, 1.807) is 36.3 Å². The zero-order chi connectivity index (χ0) is 14.2. The smallest absolute Gasteiger partial charge is 0.287 e. The maximum Gasteiger partial charge on any atom is 0.287 e. The zero-order valence-corrected chi connectivity index (χ0v) is 11.4. The number of nitrogens with one attached hydrogen (secondary N) is 1. The number of aromatic nitrogens is 3. The third-order valence-corrected chi connectivity index (χ3v) is 3.38. The molecular weight excluding hydrogens is 278 g/mol. The van der Waals surface area contributed by atoms with Gasteiger partial charge in [0.1, 0.15) is 6.20 Å². The molecule has 2 heterocycles. The van der Waals surface area contributed by atoms with Gasteiger partial charge in [-0.15, -0.1) is 11.8 Å². The Morgan fingerprint density at radius 1 is 1.25 bits per heavy atom. The molecule has 8 heteroatoms. The summed E-state index contributed by atoms with van der Waals surface area (Å²) >= 11 is 1.56. The number of pyridine rings is 1. The molecule has 0 spiro atoms. The highest BCUT2D eigenvalue weighted by Crippen LogP contribution is 2.18. The van der Waals surface area contributed by atoms with Crippen LogP contribution in [0.2, 0.25) is 0 Å². The second-order valence-electron chi connectivity index (χ2n) is 3.81. The van der Waals surface area contributed by atoms with Crippen molar-refractivity contribution in [2.45, 2.75) is 11.4 Å². The number of hydrogen-bond acceptors (Lipinski definition) is 7. The molecule has 0 saturated carbocycles. The van der Waals surface area contributed by atoms with E-state index in [1.165, 1.54) is 12.3 Å². The predicted octanol–water partition coefficient (Wildman–Crippen LogP) is 2.37. The monoisotopic (exact) mass is 291 g/mol. The minimum atomic E-state index is -0.453. The lowest BCUT2D eigenvalue weighted by Gasteiger charge is -2.03. The third kappa shape index (κ3) is 4.47. The van der Waals surface area contributed by atoms with Crippen molar-refractivity contribution in [1.82, 2.24) is 15.0 Å². The Morgan fingerprint density at radius 2 is 2.05 bits per heavy atom. The van der Waals surface area contributed by atoms with Gasteiger partial charge in [0, 0.05) is 30.8 Å². The molecule has 20 heavy (non-hydrogen) atoms. The van der Waals surface area contributed by atoms with Gasteiger partial charge < -0.3 is 5.32 Å². The molecule has 0 unspecified atom stereocenters. The Labute approximate surface area is 120 Å². The number of anilines is 1. The van der Waals surface area contributed by atoms with Crippen molar-refractivity contribution in [3.63, 3.8) is 0 Å². The Balaban J connectivity index is 1.67. The predicted molar refractivity (Wildman–Crippen MR) is 76.8 cm³/mol. The van der Waals surface area contributed by atoms with Crippen molar-refractivity contribution in [3.8, 4) is 0 Å². The zero-order valence-electron chi connectivity index (χ0n) is 10.6. The molecule has 1 N–H and O–H groups in total. The van der Waals surface area contributed by atoms with Gasteiger partial charge in [0.25, 0.3) is 5.69 Å². The highest BCUT2D eigenvalue weighted by Gasteiger charge is 2.05. The van der Waals surface area contributed by atoms with Crippen molar-refractivity contribution in [2.24, 2.45) is 0 Å². The van der Waals surface area contributed by atoms with E-state index >= 15 is 0 Å². The number of nitrogens with zero attached hydrogens (tertiary/aromatic N) is 4. The van der Waals surface area contributed by atoms with Gasteiger partial charge >= 0.3 is 0 Å². The number of thioether (sulfide) groups is 1. The van der Waals surface area contributed by atoms with Crippen LogP contribution in [0.3, 0.4) is 0 Å². The van der Waals surface area contributed by atoms with Gasteiger partial charge in [-0.3, -0.25) is 10.1 Å². The van der Waals surface area contributed by atoms with E-state index in [9.17, 15) is 10.1 Å². The lowest BCUT2D eigenvalue weighted by Crippen LogP contribution is -2.05. The molecule has 2 rings (SSSR count). The van der Waals surface area contributed by atoms with Crippen LogP contribution < -0.4 is 5.32 Å². The van der Waals surface area contributed by atoms with E-state index < -0.39 is 4.92 Å². The van der Waals surface area contributed by atoms with Crippen LogP contribution in [0, 0.1) is 10.1 Å². The molecule has 0 atom stereocenters. The van der Waals surface area contributed by atoms with E-state index in [-0.39, 0.29) is 5.69 Å². The molecule has 0 aromatic carbocycles. The highest BCUT2D eigenvalue weighted by atomic mass is 32.2. The summed E-state index contributed by atoms with van der Waals surface area (Å²) in [7, 11) is 0. The van der Waals surface area contributed by atoms with Gasteiger partial charge in [-0.1, -0.05) is 0 Å². The van der Waals surface area contributed by atoms with Crippen molar-refractivity contribution < 1.29 is 4.92 Å². The van der Waals surface area contributed by atoms with Gasteiger partial charge in [0.05, 0.1) is 9.95 Å². The summed E-state index contributed by atoms with van der Waals surface area (Å²) in [6, 6.07) is 4.89. The van der Waals surface area contributed by atoms with E-state index in [0.717, 1.165) is 23.7 Å². The summed E-state index contributed by atoms with van der Waals surface area (Å²) < 4.78 is 0. The molecule has 0 aliphatic heterocycles. The maximum atomic E-state index is 10.5. The fourth-order valence-electron chi connectivity index (χ4n) is 1.41. The van der Waals surface area contributed by atoms with Gasteiger partial charge in [-0.25, -0.2) is 15.0 Å². The molecule has 0 aliphatic rings. The molecule has 0 fully saturated rings. The Bertz CT molecular complexity index is 550. The van der Waals surface area contributed by atoms with Crippen molar-refractivity contribution in [2.75, 3.05) is 17.6 Å². The summed E-state index contributed by atoms with van der Waals surface area (Å²) in [5.74, 6) is 1.48. The van der Waals surface area contributed by atoms with Crippen LogP contribution in [0.15, 0.2) is 41.8 Å². The van der Waals surface area contributed by atoms with Crippen LogP contribution in [0.5, 0.6) is 0 Å². The molecule has 0 radical (unpaired) electrons. The maximum absolute atomic E-state index is 10.5. The first-order valence-corrected chi connectivity index (χ1v) is 6.98. The quantitative estimate of drug-likeness (QED) is 0.362. The second-order valence-corrected chi connectivity index (χ2v) is 4.93. The van der Waals surface area contributed by atoms with E-state index in [0.29, 0.717) is 5.95 Å². The second kappa shape index (κ2) is 7.39. The Morgan fingerprint density at radius 3 is 2.70 bits per heavy atom. The van der Waals surface area contributed by atoms with Crippen LogP contribution in [-0.4, -0.2) is 32.2 Å². The topological polar surface area (TPSA) is 93.8 Å². The van der Waals surface area contributed by atoms with E-state index in [2.05, 4.69) is 20.3 Å². The molecule has 104 valence electrons. The van der Waals surface area contributed by atoms with Gasteiger partial charge in [0.15, 0.2) is 0 Å². The first-order chi connectivity index (χ1) is 9.75. The summed E-state index contributed by atoms with van der Waals surface area (Å²) in [4.78, 5) is 22.2. The normalized spacial score (nSPS) is 10.2. The van der Waals surface area contributed by atoms with Crippen LogP contribution in [-0.2, 0) is 0 Å². The molecule has 2 aromatic rings. The molecule has 7 nitrogen and oxygen atoms in total. The van der Waals surface area contributed by atoms with Crippen LogP contribution in [0.25, 0.3) is 0 Å². The van der Waals surface area contributed by atoms with Crippen LogP contribution >= 0.6 is 11.8 Å². The molecule has 0 amide bonds. The summed E-state index contributed by atoms with van der Waals surface area (Å²) in [5, 5.41) is 14.4. The SMILES string of the molecule is O=[N+]([O-])c1ccc(SCCCNc2ncccn2)nc1. The van der Waals surface area contributed by atoms with E-state index in [1.807, 2.05) is 0 Å². The fraction of sp³-hybridized carbons (Fsp3) is 0.250. The molecule has 0 aliphatic carbocycles. The summed E-state index contributed by atoms with van der Waals surface area (Å²) in [6.07, 6.45) is 5.57. The van der Waals surface area contributed by atoms with Crippen molar-refractivity contribution in [1.29, 1.82) is 0 Å². The average molecular weight is 291 g/mol. The number of nitro groups is 1. The minimum Gasteiger partial charge on any atom is -0.354 e. The molecular formula is C12H13N5O2S. The Kier molecular flexibility index (Phi) is 5.24. The lowest BCUT2D eigenvalue weighted by atomic mass is 10.4.